The second-order valence-electron chi connectivity index (χ2n) is 14.0. The highest BCUT2D eigenvalue weighted by atomic mass is 14.2. The summed E-state index contributed by atoms with van der Waals surface area (Å²) in [6.45, 7) is 25.3. The Morgan fingerprint density at radius 2 is 1.17 bits per heavy atom. The smallest absolute Gasteiger partial charge is 0.00585 e. The molecular weight excluding hydrogens is 637 g/mol. The second kappa shape index (κ2) is 17.8. The average molecular weight is 693 g/mol. The van der Waals surface area contributed by atoms with Crippen LogP contribution in [0.5, 0.6) is 0 Å². The molecule has 268 valence electrons. The number of hydrogen-bond donors (Lipinski definition) is 0. The molecule has 0 N–H and O–H groups in total. The highest BCUT2D eigenvalue weighted by Crippen LogP contribution is 2.45. The van der Waals surface area contributed by atoms with Gasteiger partial charge in [-0.2, -0.15) is 0 Å². The van der Waals surface area contributed by atoms with Crippen molar-refractivity contribution in [2.24, 2.45) is 0 Å². The van der Waals surface area contributed by atoms with E-state index in [0.29, 0.717) is 0 Å². The monoisotopic (exact) mass is 692 g/mol. The van der Waals surface area contributed by atoms with E-state index in [4.69, 9.17) is 0 Å². The summed E-state index contributed by atoms with van der Waals surface area (Å²) in [5.74, 6) is 0.230. The minimum absolute atomic E-state index is 0.230. The van der Waals surface area contributed by atoms with Gasteiger partial charge in [0.2, 0.25) is 0 Å². The Morgan fingerprint density at radius 3 is 1.72 bits per heavy atom. The Kier molecular flexibility index (Phi) is 13.1. The number of rotatable bonds is 11. The minimum atomic E-state index is 0.230. The third-order valence-electron chi connectivity index (χ3n) is 10.5. The van der Waals surface area contributed by atoms with Crippen LogP contribution in [-0.4, -0.2) is 0 Å². The molecule has 0 aliphatic carbocycles. The molecule has 0 aromatic heterocycles. The number of hydrogen-bond acceptors (Lipinski definition) is 0. The SMILES string of the molecule is C=CC(/C=C(C=C)/C(C)=C/C(CC=C(C)CC)c1ccc(-c2c3ccccc3c(-c3cccc4c(C)cccc34)c3ccccc23)cc1)=C(C)C.CC. The van der Waals surface area contributed by atoms with E-state index in [2.05, 4.69) is 182 Å². The number of aryl methyl sites for hydroxylation is 1. The van der Waals surface area contributed by atoms with Crippen LogP contribution in [0.4, 0.5) is 0 Å². The van der Waals surface area contributed by atoms with E-state index in [1.165, 1.54) is 82.4 Å². The molecule has 0 amide bonds. The van der Waals surface area contributed by atoms with Gasteiger partial charge in [0.15, 0.2) is 0 Å². The van der Waals surface area contributed by atoms with Crippen LogP contribution < -0.4 is 0 Å². The van der Waals surface area contributed by atoms with Gasteiger partial charge in [-0.3, -0.25) is 0 Å². The van der Waals surface area contributed by atoms with Gasteiger partial charge in [-0.1, -0.05) is 179 Å². The van der Waals surface area contributed by atoms with Crippen LogP contribution in [-0.2, 0) is 0 Å². The van der Waals surface area contributed by atoms with Crippen molar-refractivity contribution in [3.8, 4) is 22.3 Å². The predicted molar refractivity (Wildman–Crippen MR) is 238 cm³/mol. The van der Waals surface area contributed by atoms with Gasteiger partial charge in [0.1, 0.15) is 0 Å². The highest BCUT2D eigenvalue weighted by molar-refractivity contribution is 6.23. The van der Waals surface area contributed by atoms with Crippen LogP contribution in [0.25, 0.3) is 54.6 Å². The van der Waals surface area contributed by atoms with E-state index in [0.717, 1.165) is 24.0 Å². The zero-order valence-electron chi connectivity index (χ0n) is 33.2. The second-order valence-corrected chi connectivity index (χ2v) is 14.0. The first kappa shape index (κ1) is 38.8. The molecule has 6 rings (SSSR count). The van der Waals surface area contributed by atoms with Crippen LogP contribution in [0.15, 0.2) is 181 Å². The summed E-state index contributed by atoms with van der Waals surface area (Å²) in [6.07, 6.45) is 12.9. The maximum absolute atomic E-state index is 4.16. The first-order valence-electron chi connectivity index (χ1n) is 19.3. The molecule has 6 aromatic carbocycles. The van der Waals surface area contributed by atoms with Crippen LogP contribution >= 0.6 is 0 Å². The topological polar surface area (TPSA) is 0 Å². The lowest BCUT2D eigenvalue weighted by atomic mass is 9.84. The minimum Gasteiger partial charge on any atom is -0.0985 e. The van der Waals surface area contributed by atoms with Gasteiger partial charge >= 0.3 is 0 Å². The molecular formula is C53H56. The summed E-state index contributed by atoms with van der Waals surface area (Å²) in [7, 11) is 0. The Labute approximate surface area is 319 Å². The molecule has 0 saturated carbocycles. The molecule has 0 bridgehead atoms. The number of benzene rings is 6. The molecule has 0 aliphatic heterocycles. The van der Waals surface area contributed by atoms with Crippen molar-refractivity contribution in [3.05, 3.63) is 192 Å². The van der Waals surface area contributed by atoms with Crippen molar-refractivity contribution in [1.29, 1.82) is 0 Å². The van der Waals surface area contributed by atoms with Gasteiger partial charge in [0.05, 0.1) is 0 Å². The predicted octanol–water partition coefficient (Wildman–Crippen LogP) is 16.2. The fraction of sp³-hybridized carbons (Fsp3) is 0.208. The Balaban J connectivity index is 0.00000266. The fourth-order valence-electron chi connectivity index (χ4n) is 7.39. The quantitative estimate of drug-likeness (QED) is 0.0720. The molecule has 0 heterocycles. The molecule has 0 heteroatoms. The molecule has 53 heavy (non-hydrogen) atoms. The normalized spacial score (nSPS) is 12.7. The molecule has 6 aromatic rings. The molecule has 1 atom stereocenters. The van der Waals surface area contributed by atoms with E-state index in [1.54, 1.807) is 0 Å². The lowest BCUT2D eigenvalue weighted by Crippen LogP contribution is -1.98. The zero-order chi connectivity index (χ0) is 38.1. The van der Waals surface area contributed by atoms with Crippen LogP contribution in [0, 0.1) is 6.92 Å². The van der Waals surface area contributed by atoms with E-state index in [9.17, 15) is 0 Å². The van der Waals surface area contributed by atoms with Crippen LogP contribution in [0.3, 0.4) is 0 Å². The average Bonchev–Trinajstić information content (AvgIpc) is 3.19. The summed E-state index contributed by atoms with van der Waals surface area (Å²) < 4.78 is 0. The Hall–Kier alpha value is -5.46. The summed E-state index contributed by atoms with van der Waals surface area (Å²) >= 11 is 0. The van der Waals surface area contributed by atoms with Crippen LogP contribution in [0.1, 0.15) is 78.4 Å². The van der Waals surface area contributed by atoms with Crippen molar-refractivity contribution >= 4 is 32.3 Å². The molecule has 0 aliphatic rings. The fourth-order valence-corrected chi connectivity index (χ4v) is 7.39. The Morgan fingerprint density at radius 1 is 0.623 bits per heavy atom. The third-order valence-corrected chi connectivity index (χ3v) is 10.5. The number of allylic oxidation sites excluding steroid dienone is 10. The highest BCUT2D eigenvalue weighted by Gasteiger charge is 2.19. The van der Waals surface area contributed by atoms with Crippen molar-refractivity contribution < 1.29 is 0 Å². The van der Waals surface area contributed by atoms with E-state index >= 15 is 0 Å². The third kappa shape index (κ3) is 8.29. The van der Waals surface area contributed by atoms with Crippen molar-refractivity contribution in [2.45, 2.75) is 74.1 Å². The lowest BCUT2D eigenvalue weighted by molar-refractivity contribution is 0.844. The maximum Gasteiger partial charge on any atom is 0.00585 e. The van der Waals surface area contributed by atoms with E-state index in [-0.39, 0.29) is 5.92 Å². The largest absolute Gasteiger partial charge is 0.0985 e. The van der Waals surface area contributed by atoms with Gasteiger partial charge in [-0.05, 0) is 136 Å². The van der Waals surface area contributed by atoms with Gasteiger partial charge in [0.25, 0.3) is 0 Å². The van der Waals surface area contributed by atoms with E-state index < -0.39 is 0 Å². The molecule has 0 nitrogen and oxygen atoms in total. The zero-order valence-corrected chi connectivity index (χ0v) is 33.2. The van der Waals surface area contributed by atoms with Gasteiger partial charge in [0, 0.05) is 5.92 Å². The standard InChI is InChI=1S/C51H50.C2H6/c1-9-35(6)26-27-42(32-37(8)39(11-3)33-38(10-2)34(4)5)40-28-30-41(31-29-40)50-46-19-12-14-21-48(46)51(49-22-15-13-20-47(49)50)45-25-17-23-43-36(7)18-16-24-44(43)45;1-2/h10-26,28-33,42H,2-3,9,27H2,1,4-8H3;1-2H3/b35-26?,37-32+,39-33+;. The molecule has 0 radical (unpaired) electrons. The Bertz CT molecular complexity index is 2320. The summed E-state index contributed by atoms with van der Waals surface area (Å²) in [5, 5.41) is 7.70. The lowest BCUT2D eigenvalue weighted by Gasteiger charge is -2.20. The molecule has 0 spiro atoms. The first-order valence-corrected chi connectivity index (χ1v) is 19.3. The molecule has 1 unspecified atom stereocenters. The summed E-state index contributed by atoms with van der Waals surface area (Å²) in [5.41, 5.74) is 13.9. The number of fused-ring (bicyclic) bond motifs is 3. The van der Waals surface area contributed by atoms with Gasteiger partial charge in [-0.25, -0.2) is 0 Å². The van der Waals surface area contributed by atoms with Crippen molar-refractivity contribution in [2.75, 3.05) is 0 Å². The van der Waals surface area contributed by atoms with Gasteiger partial charge < -0.3 is 0 Å². The van der Waals surface area contributed by atoms with Crippen LogP contribution in [0.2, 0.25) is 0 Å². The van der Waals surface area contributed by atoms with E-state index in [1.807, 2.05) is 26.0 Å². The maximum atomic E-state index is 4.16. The molecule has 0 saturated heterocycles. The van der Waals surface area contributed by atoms with Crippen molar-refractivity contribution in [3.63, 3.8) is 0 Å². The summed E-state index contributed by atoms with van der Waals surface area (Å²) in [6, 6.07) is 40.6. The first-order chi connectivity index (χ1) is 25.7. The van der Waals surface area contributed by atoms with Gasteiger partial charge in [-0.15, -0.1) is 0 Å². The summed E-state index contributed by atoms with van der Waals surface area (Å²) in [4.78, 5) is 0. The van der Waals surface area contributed by atoms with Crippen molar-refractivity contribution in [1.82, 2.24) is 0 Å². The molecule has 0 fully saturated rings.